The number of amides is 1. The number of primary amides is 1. The van der Waals surface area contributed by atoms with Crippen molar-refractivity contribution in [2.45, 2.75) is 42.8 Å². The van der Waals surface area contributed by atoms with E-state index in [4.69, 9.17) is 5.73 Å². The van der Waals surface area contributed by atoms with Crippen molar-refractivity contribution in [1.29, 1.82) is 0 Å². The molecule has 0 aromatic heterocycles. The maximum Gasteiger partial charge on any atom is 0.408 e. The minimum Gasteiger partial charge on any atom is -0.369 e. The zero-order chi connectivity index (χ0) is 21.1. The Balaban J connectivity index is 1.81. The van der Waals surface area contributed by atoms with Gasteiger partial charge < -0.3 is 16.0 Å². The maximum atomic E-state index is 14.2. The molecule has 158 valence electrons. The highest BCUT2D eigenvalue weighted by Gasteiger charge is 2.49. The molecule has 3 aliphatic rings. The number of nitrogens with one attached hydrogen (secondary N) is 1. The number of halogens is 4. The van der Waals surface area contributed by atoms with E-state index in [1.165, 1.54) is 0 Å². The first-order valence-corrected chi connectivity index (χ1v) is 10.5. The van der Waals surface area contributed by atoms with E-state index < -0.39 is 51.2 Å². The molecule has 12 heteroatoms. The zero-order valence-corrected chi connectivity index (χ0v) is 15.9. The number of piperidine rings is 1. The van der Waals surface area contributed by atoms with Crippen molar-refractivity contribution >= 4 is 33.1 Å². The summed E-state index contributed by atoms with van der Waals surface area (Å²) in [5, 5.41) is 2.82. The van der Waals surface area contributed by atoms with Gasteiger partial charge in [0.05, 0.1) is 11.4 Å². The van der Waals surface area contributed by atoms with Crippen molar-refractivity contribution in [3.8, 4) is 0 Å². The number of nitrogens with zero attached hydrogens (tertiary/aromatic N) is 2. The minimum absolute atomic E-state index is 0.0452. The number of alkyl halides is 3. The molecule has 7 nitrogen and oxygen atoms in total. The Hall–Kier alpha value is -2.37. The number of sulfonamides is 1. The van der Waals surface area contributed by atoms with Gasteiger partial charge in [0.2, 0.25) is 5.91 Å². The number of carbonyl (C=O) groups is 1. The van der Waals surface area contributed by atoms with Crippen LogP contribution in [0.3, 0.4) is 0 Å². The first kappa shape index (κ1) is 19.9. The highest BCUT2D eigenvalue weighted by atomic mass is 32.2. The lowest BCUT2D eigenvalue weighted by atomic mass is 9.89. The van der Waals surface area contributed by atoms with E-state index in [1.54, 1.807) is 0 Å². The second-order valence-corrected chi connectivity index (χ2v) is 9.10. The molecule has 1 saturated heterocycles. The summed E-state index contributed by atoms with van der Waals surface area (Å²) >= 11 is 0. The first-order valence-electron chi connectivity index (χ1n) is 9.05. The van der Waals surface area contributed by atoms with E-state index in [1.807, 2.05) is 0 Å². The summed E-state index contributed by atoms with van der Waals surface area (Å²) in [6.45, 7) is -0.231. The Bertz CT molecular complexity index is 1000. The van der Waals surface area contributed by atoms with E-state index in [0.717, 1.165) is 17.0 Å². The van der Waals surface area contributed by atoms with E-state index in [2.05, 4.69) is 9.71 Å². The van der Waals surface area contributed by atoms with E-state index in [-0.39, 0.29) is 36.1 Å². The van der Waals surface area contributed by atoms with Crippen LogP contribution in [0.15, 0.2) is 21.4 Å². The van der Waals surface area contributed by atoms with Crippen molar-refractivity contribution in [2.75, 3.05) is 16.8 Å². The molecule has 1 aromatic rings. The van der Waals surface area contributed by atoms with Gasteiger partial charge in [0.1, 0.15) is 22.6 Å². The third-order valence-corrected chi connectivity index (χ3v) is 6.77. The SMILES string of the molecule is NC(=O)[C@H]1CCN(c2cc(F)cc3c2NC(C2CC2)=NS3(=O)=O)[C@@H](C(F)(F)F)C1. The van der Waals surface area contributed by atoms with Crippen molar-refractivity contribution in [3.05, 3.63) is 17.9 Å². The standard InChI is InChI=1S/C17H18F4N4O3S/c18-10-6-11(25-4-3-9(15(22)26)5-13(25)17(19,20)21)14-12(7-10)29(27,28)24-16(23-14)8-1-2-8/h6-9,13H,1-5H2,(H2,22,26)(H,23,24)/t9-,13+/m0/s1. The molecule has 29 heavy (non-hydrogen) atoms. The monoisotopic (exact) mass is 434 g/mol. The number of hydrogen-bond donors (Lipinski definition) is 2. The second-order valence-electron chi connectivity index (χ2n) is 7.52. The minimum atomic E-state index is -4.73. The Kier molecular flexibility index (Phi) is 4.52. The lowest BCUT2D eigenvalue weighted by Crippen LogP contribution is -2.53. The van der Waals surface area contributed by atoms with E-state index in [0.29, 0.717) is 12.8 Å². The molecule has 0 spiro atoms. The molecular weight excluding hydrogens is 416 g/mol. The molecule has 1 aromatic carbocycles. The van der Waals surface area contributed by atoms with Crippen LogP contribution < -0.4 is 16.0 Å². The molecule has 0 unspecified atom stereocenters. The smallest absolute Gasteiger partial charge is 0.369 e. The highest BCUT2D eigenvalue weighted by Crippen LogP contribution is 2.45. The largest absolute Gasteiger partial charge is 0.408 e. The fraction of sp³-hybridized carbons (Fsp3) is 0.529. The van der Waals surface area contributed by atoms with Crippen LogP contribution >= 0.6 is 0 Å². The van der Waals surface area contributed by atoms with Crippen LogP contribution in [0, 0.1) is 17.7 Å². The van der Waals surface area contributed by atoms with Crippen LogP contribution in [0.4, 0.5) is 28.9 Å². The molecule has 2 fully saturated rings. The fourth-order valence-corrected chi connectivity index (χ4v) is 5.04. The van der Waals surface area contributed by atoms with Gasteiger partial charge >= 0.3 is 6.18 Å². The average molecular weight is 434 g/mol. The molecule has 0 radical (unpaired) electrons. The lowest BCUT2D eigenvalue weighted by Gasteiger charge is -2.42. The van der Waals surface area contributed by atoms with Gasteiger partial charge in [0.25, 0.3) is 10.0 Å². The average Bonchev–Trinajstić information content (AvgIpc) is 3.45. The van der Waals surface area contributed by atoms with Gasteiger partial charge in [-0.1, -0.05) is 0 Å². The van der Waals surface area contributed by atoms with Crippen molar-refractivity contribution < 1.29 is 30.8 Å². The third-order valence-electron chi connectivity index (χ3n) is 5.45. The second kappa shape index (κ2) is 6.57. The topological polar surface area (TPSA) is 105 Å². The fourth-order valence-electron chi connectivity index (χ4n) is 3.81. The highest BCUT2D eigenvalue weighted by molar-refractivity contribution is 7.90. The van der Waals surface area contributed by atoms with Crippen LogP contribution in [0.5, 0.6) is 0 Å². The Morgan fingerprint density at radius 3 is 2.52 bits per heavy atom. The summed E-state index contributed by atoms with van der Waals surface area (Å²) in [6.07, 6.45) is -3.84. The molecule has 1 amide bonds. The van der Waals surface area contributed by atoms with Crippen molar-refractivity contribution in [2.24, 2.45) is 22.0 Å². The first-order chi connectivity index (χ1) is 13.5. The van der Waals surface area contributed by atoms with Crippen molar-refractivity contribution in [1.82, 2.24) is 0 Å². The van der Waals surface area contributed by atoms with Gasteiger partial charge in [-0.2, -0.15) is 21.6 Å². The quantitative estimate of drug-likeness (QED) is 0.711. The normalized spacial score (nSPS) is 26.3. The van der Waals surface area contributed by atoms with Gasteiger partial charge in [0.15, 0.2) is 0 Å². The van der Waals surface area contributed by atoms with Crippen molar-refractivity contribution in [3.63, 3.8) is 0 Å². The predicted molar refractivity (Wildman–Crippen MR) is 96.5 cm³/mol. The summed E-state index contributed by atoms with van der Waals surface area (Å²) in [4.78, 5) is 11.8. The summed E-state index contributed by atoms with van der Waals surface area (Å²) in [7, 11) is -4.25. The number of rotatable bonds is 3. The van der Waals surface area contributed by atoms with Gasteiger partial charge in [-0.05, 0) is 37.8 Å². The summed E-state index contributed by atoms with van der Waals surface area (Å²) < 4.78 is 84.2. The molecule has 1 saturated carbocycles. The Morgan fingerprint density at radius 1 is 1.24 bits per heavy atom. The number of carbonyl (C=O) groups excluding carboxylic acids is 1. The number of anilines is 2. The van der Waals surface area contributed by atoms with Gasteiger partial charge in [-0.25, -0.2) is 4.39 Å². The summed E-state index contributed by atoms with van der Waals surface area (Å²) in [5.74, 6) is -2.76. The maximum absolute atomic E-state index is 14.2. The molecule has 0 bridgehead atoms. The van der Waals surface area contributed by atoms with Crippen LogP contribution in [0.1, 0.15) is 25.7 Å². The summed E-state index contributed by atoms with van der Waals surface area (Å²) in [6, 6.07) is -0.486. The summed E-state index contributed by atoms with van der Waals surface area (Å²) in [5.41, 5.74) is 4.86. The Labute approximate surface area is 164 Å². The molecule has 2 heterocycles. The van der Waals surface area contributed by atoms with Crippen LogP contribution in [-0.4, -0.2) is 38.9 Å². The number of nitrogens with two attached hydrogens (primary N) is 1. The van der Waals surface area contributed by atoms with Crippen LogP contribution in [-0.2, 0) is 14.8 Å². The Morgan fingerprint density at radius 2 is 1.93 bits per heavy atom. The number of fused-ring (bicyclic) bond motifs is 1. The predicted octanol–water partition coefficient (Wildman–Crippen LogP) is 2.38. The number of benzene rings is 1. The molecule has 2 atom stereocenters. The molecule has 2 aliphatic heterocycles. The van der Waals surface area contributed by atoms with E-state index >= 15 is 0 Å². The molecule has 3 N–H and O–H groups in total. The van der Waals surface area contributed by atoms with E-state index in [9.17, 15) is 30.8 Å². The van der Waals surface area contributed by atoms with Gasteiger partial charge in [-0.15, -0.1) is 4.40 Å². The zero-order valence-electron chi connectivity index (χ0n) is 15.0. The number of hydrogen-bond acceptors (Lipinski definition) is 5. The van der Waals surface area contributed by atoms with Crippen LogP contribution in [0.2, 0.25) is 0 Å². The third kappa shape index (κ3) is 3.65. The van der Waals surface area contributed by atoms with Crippen LogP contribution in [0.25, 0.3) is 0 Å². The van der Waals surface area contributed by atoms with Gasteiger partial charge in [-0.3, -0.25) is 4.79 Å². The number of amidine groups is 1. The molecule has 4 rings (SSSR count). The lowest BCUT2D eigenvalue weighted by molar-refractivity contribution is -0.157. The molecule has 1 aliphatic carbocycles. The van der Waals surface area contributed by atoms with Gasteiger partial charge in [0, 0.05) is 18.4 Å². The molecular formula is C17H18F4N4O3S.